The Bertz CT molecular complexity index is 192. The van der Waals surface area contributed by atoms with Gasteiger partial charge in [-0.25, -0.2) is 0 Å². The molecular weight excluding hydrogens is 150 g/mol. The van der Waals surface area contributed by atoms with Crippen molar-refractivity contribution in [1.82, 2.24) is 5.32 Å². The molecule has 0 aromatic rings. The third kappa shape index (κ3) is 3.96. The molecular formula is C10H17NO. The summed E-state index contributed by atoms with van der Waals surface area (Å²) in [6.45, 7) is 9.49. The lowest BCUT2D eigenvalue weighted by Gasteiger charge is -2.07. The maximum atomic E-state index is 11.3. The van der Waals surface area contributed by atoms with Crippen LogP contribution in [0.4, 0.5) is 0 Å². The van der Waals surface area contributed by atoms with Crippen LogP contribution in [0.25, 0.3) is 0 Å². The Morgan fingerprint density at radius 1 is 1.58 bits per heavy atom. The highest BCUT2D eigenvalue weighted by molar-refractivity contribution is 5.93. The fourth-order valence-corrected chi connectivity index (χ4v) is 0.967. The highest BCUT2D eigenvalue weighted by atomic mass is 16.1. The summed E-state index contributed by atoms with van der Waals surface area (Å²) in [4.78, 5) is 11.3. The average Bonchev–Trinajstić information content (AvgIpc) is 2.00. The largest absolute Gasteiger partial charge is 0.329 e. The monoisotopic (exact) mass is 167 g/mol. The molecule has 68 valence electrons. The van der Waals surface area contributed by atoms with Crippen molar-refractivity contribution in [2.75, 3.05) is 0 Å². The van der Waals surface area contributed by atoms with Crippen molar-refractivity contribution in [2.24, 2.45) is 5.92 Å². The van der Waals surface area contributed by atoms with Crippen molar-refractivity contribution in [3.05, 3.63) is 24.4 Å². The number of carbonyl (C=O) groups is 1. The number of hydrogen-bond donors (Lipinski definition) is 1. The van der Waals surface area contributed by atoms with Gasteiger partial charge in [0.2, 0.25) is 0 Å². The molecule has 0 aromatic heterocycles. The van der Waals surface area contributed by atoms with E-state index in [9.17, 15) is 4.79 Å². The second kappa shape index (κ2) is 5.58. The van der Waals surface area contributed by atoms with E-state index in [-0.39, 0.29) is 5.91 Å². The van der Waals surface area contributed by atoms with E-state index < -0.39 is 0 Å². The average molecular weight is 167 g/mol. The van der Waals surface area contributed by atoms with Crippen LogP contribution < -0.4 is 5.32 Å². The molecule has 0 fully saturated rings. The molecule has 1 amide bonds. The molecule has 0 rings (SSSR count). The Kier molecular flexibility index (Phi) is 5.09. The standard InChI is InChI=1S/C10H17NO/c1-5-9(7-8(3)4)10(12)11-6-2/h5-6,8H,2,7H2,1,3-4H3,(H,11,12)/b9-5-. The van der Waals surface area contributed by atoms with Crippen LogP contribution in [0, 0.1) is 5.92 Å². The van der Waals surface area contributed by atoms with Gasteiger partial charge in [0.05, 0.1) is 0 Å². The van der Waals surface area contributed by atoms with Crippen LogP contribution in [0.2, 0.25) is 0 Å². The number of hydrogen-bond acceptors (Lipinski definition) is 1. The topological polar surface area (TPSA) is 29.1 Å². The summed E-state index contributed by atoms with van der Waals surface area (Å²) >= 11 is 0. The zero-order valence-electron chi connectivity index (χ0n) is 8.05. The first kappa shape index (κ1) is 11.0. The molecule has 0 unspecified atom stereocenters. The summed E-state index contributed by atoms with van der Waals surface area (Å²) < 4.78 is 0. The normalized spacial score (nSPS) is 11.5. The van der Waals surface area contributed by atoms with Gasteiger partial charge in [-0.15, -0.1) is 0 Å². The number of nitrogens with one attached hydrogen (secondary N) is 1. The van der Waals surface area contributed by atoms with Gasteiger partial charge in [0.1, 0.15) is 0 Å². The number of carbonyl (C=O) groups excluding carboxylic acids is 1. The zero-order valence-corrected chi connectivity index (χ0v) is 8.05. The third-order valence-corrected chi connectivity index (χ3v) is 1.50. The summed E-state index contributed by atoms with van der Waals surface area (Å²) in [6, 6.07) is 0. The molecule has 0 aromatic carbocycles. The van der Waals surface area contributed by atoms with E-state index in [1.807, 2.05) is 13.0 Å². The van der Waals surface area contributed by atoms with Gasteiger partial charge in [-0.05, 0) is 25.5 Å². The van der Waals surface area contributed by atoms with Gasteiger partial charge in [0.15, 0.2) is 0 Å². The van der Waals surface area contributed by atoms with E-state index in [0.717, 1.165) is 12.0 Å². The minimum absolute atomic E-state index is 0.0406. The predicted molar refractivity (Wildman–Crippen MR) is 51.6 cm³/mol. The summed E-state index contributed by atoms with van der Waals surface area (Å²) in [7, 11) is 0. The Morgan fingerprint density at radius 2 is 2.17 bits per heavy atom. The fourth-order valence-electron chi connectivity index (χ4n) is 0.967. The Morgan fingerprint density at radius 3 is 2.50 bits per heavy atom. The molecule has 0 aliphatic carbocycles. The molecule has 0 aliphatic rings. The summed E-state index contributed by atoms with van der Waals surface area (Å²) in [5.74, 6) is 0.466. The van der Waals surface area contributed by atoms with E-state index in [4.69, 9.17) is 0 Å². The number of amides is 1. The van der Waals surface area contributed by atoms with Gasteiger partial charge in [-0.1, -0.05) is 26.5 Å². The number of allylic oxidation sites excluding steroid dienone is 1. The molecule has 2 heteroatoms. The molecule has 0 heterocycles. The fraction of sp³-hybridized carbons (Fsp3) is 0.500. The first-order valence-corrected chi connectivity index (χ1v) is 4.18. The molecule has 2 nitrogen and oxygen atoms in total. The van der Waals surface area contributed by atoms with Crippen molar-refractivity contribution in [3.8, 4) is 0 Å². The van der Waals surface area contributed by atoms with Crippen molar-refractivity contribution in [3.63, 3.8) is 0 Å². The first-order chi connectivity index (χ1) is 5.61. The van der Waals surface area contributed by atoms with Gasteiger partial charge >= 0.3 is 0 Å². The molecule has 12 heavy (non-hydrogen) atoms. The van der Waals surface area contributed by atoms with Crippen LogP contribution in [0.3, 0.4) is 0 Å². The van der Waals surface area contributed by atoms with Crippen LogP contribution in [0.5, 0.6) is 0 Å². The maximum Gasteiger partial charge on any atom is 0.250 e. The minimum Gasteiger partial charge on any atom is -0.329 e. The predicted octanol–water partition coefficient (Wildman–Crippen LogP) is 2.24. The molecule has 0 radical (unpaired) electrons. The van der Waals surface area contributed by atoms with Crippen molar-refractivity contribution < 1.29 is 4.79 Å². The lowest BCUT2D eigenvalue weighted by molar-refractivity contribution is -0.116. The lowest BCUT2D eigenvalue weighted by atomic mass is 10.0. The van der Waals surface area contributed by atoms with Crippen LogP contribution in [0.1, 0.15) is 27.2 Å². The van der Waals surface area contributed by atoms with Crippen molar-refractivity contribution >= 4 is 5.91 Å². The van der Waals surface area contributed by atoms with Gasteiger partial charge in [0.25, 0.3) is 5.91 Å². The second-order valence-corrected chi connectivity index (χ2v) is 3.09. The van der Waals surface area contributed by atoms with Crippen molar-refractivity contribution in [2.45, 2.75) is 27.2 Å². The van der Waals surface area contributed by atoms with Crippen LogP contribution >= 0.6 is 0 Å². The van der Waals surface area contributed by atoms with Gasteiger partial charge < -0.3 is 5.32 Å². The van der Waals surface area contributed by atoms with Crippen molar-refractivity contribution in [1.29, 1.82) is 0 Å². The summed E-state index contributed by atoms with van der Waals surface area (Å²) in [5.41, 5.74) is 0.824. The molecule has 0 aliphatic heterocycles. The zero-order chi connectivity index (χ0) is 9.56. The highest BCUT2D eigenvalue weighted by Crippen LogP contribution is 2.10. The highest BCUT2D eigenvalue weighted by Gasteiger charge is 2.07. The Balaban J connectivity index is 4.16. The van der Waals surface area contributed by atoms with Crippen LogP contribution in [0.15, 0.2) is 24.4 Å². The Labute approximate surface area is 74.4 Å². The van der Waals surface area contributed by atoms with Gasteiger partial charge in [-0.2, -0.15) is 0 Å². The minimum atomic E-state index is -0.0406. The van der Waals surface area contributed by atoms with E-state index in [1.54, 1.807) is 0 Å². The number of rotatable bonds is 4. The van der Waals surface area contributed by atoms with Gasteiger partial charge in [0, 0.05) is 5.57 Å². The lowest BCUT2D eigenvalue weighted by Crippen LogP contribution is -2.19. The third-order valence-electron chi connectivity index (χ3n) is 1.50. The summed E-state index contributed by atoms with van der Waals surface area (Å²) in [6.07, 6.45) is 4.07. The first-order valence-electron chi connectivity index (χ1n) is 4.18. The smallest absolute Gasteiger partial charge is 0.250 e. The maximum absolute atomic E-state index is 11.3. The molecule has 0 saturated heterocycles. The van der Waals surface area contributed by atoms with Gasteiger partial charge in [-0.3, -0.25) is 4.79 Å². The molecule has 0 atom stereocenters. The van der Waals surface area contributed by atoms with E-state index in [0.29, 0.717) is 5.92 Å². The SMILES string of the molecule is C=CNC(=O)/C(=C\C)CC(C)C. The quantitative estimate of drug-likeness (QED) is 0.639. The summed E-state index contributed by atoms with van der Waals surface area (Å²) in [5, 5.41) is 2.56. The molecule has 0 spiro atoms. The van der Waals surface area contributed by atoms with E-state index in [1.165, 1.54) is 6.20 Å². The van der Waals surface area contributed by atoms with Crippen LogP contribution in [-0.4, -0.2) is 5.91 Å². The molecule has 1 N–H and O–H groups in total. The van der Waals surface area contributed by atoms with E-state index in [2.05, 4.69) is 25.7 Å². The molecule has 0 saturated carbocycles. The molecule has 0 bridgehead atoms. The van der Waals surface area contributed by atoms with E-state index >= 15 is 0 Å². The Hall–Kier alpha value is -1.05. The van der Waals surface area contributed by atoms with Crippen LogP contribution in [-0.2, 0) is 4.79 Å². The second-order valence-electron chi connectivity index (χ2n) is 3.09.